The topological polar surface area (TPSA) is 45.7 Å². The second kappa shape index (κ2) is 8.35. The molecule has 3 aromatic rings. The molecule has 150 valence electrons. The van der Waals surface area contributed by atoms with E-state index in [4.69, 9.17) is 9.72 Å². The van der Waals surface area contributed by atoms with E-state index >= 15 is 0 Å². The van der Waals surface area contributed by atoms with Gasteiger partial charge in [0, 0.05) is 31.7 Å². The summed E-state index contributed by atoms with van der Waals surface area (Å²) in [6.07, 6.45) is 0. The van der Waals surface area contributed by atoms with Crippen LogP contribution in [0.2, 0.25) is 0 Å². The fraction of sp³-hybridized carbons (Fsp3) is 0.304. The minimum absolute atomic E-state index is 0.0243. The summed E-state index contributed by atoms with van der Waals surface area (Å²) in [7, 11) is 3.74. The maximum absolute atomic E-state index is 13.1. The van der Waals surface area contributed by atoms with E-state index in [0.717, 1.165) is 53.6 Å². The van der Waals surface area contributed by atoms with Gasteiger partial charge < -0.3 is 14.5 Å². The summed E-state index contributed by atoms with van der Waals surface area (Å²) in [5, 5.41) is 0.552. The second-order valence-corrected chi connectivity index (χ2v) is 8.39. The molecule has 0 aliphatic carbocycles. The molecule has 1 fully saturated rings. The molecule has 2 aromatic carbocycles. The average Bonchev–Trinajstić information content (AvgIpc) is 3.20. The number of methoxy groups -OCH3 is 1. The Morgan fingerprint density at radius 3 is 2.21 bits per heavy atom. The van der Waals surface area contributed by atoms with Crippen LogP contribution >= 0.6 is 11.3 Å². The molecule has 0 bridgehead atoms. The largest absolute Gasteiger partial charge is 0.497 e. The van der Waals surface area contributed by atoms with Gasteiger partial charge in [0.05, 0.1) is 17.7 Å². The van der Waals surface area contributed by atoms with Gasteiger partial charge in [0.1, 0.15) is 5.75 Å². The highest BCUT2D eigenvalue weighted by atomic mass is 32.1. The average molecular weight is 408 g/mol. The van der Waals surface area contributed by atoms with Gasteiger partial charge in [0.15, 0.2) is 5.01 Å². The van der Waals surface area contributed by atoms with Crippen molar-refractivity contribution in [3.8, 4) is 27.4 Å². The van der Waals surface area contributed by atoms with E-state index < -0.39 is 0 Å². The van der Waals surface area contributed by atoms with Crippen LogP contribution in [0.4, 0.5) is 0 Å². The van der Waals surface area contributed by atoms with E-state index in [0.29, 0.717) is 5.01 Å². The number of rotatable bonds is 4. The zero-order valence-corrected chi connectivity index (χ0v) is 17.8. The lowest BCUT2D eigenvalue weighted by Crippen LogP contribution is -2.47. The van der Waals surface area contributed by atoms with Crippen LogP contribution in [0.25, 0.3) is 21.7 Å². The van der Waals surface area contributed by atoms with Crippen molar-refractivity contribution in [2.45, 2.75) is 6.92 Å². The van der Waals surface area contributed by atoms with Gasteiger partial charge in [-0.05, 0) is 43.8 Å². The molecule has 1 aliphatic heterocycles. The highest BCUT2D eigenvalue weighted by Crippen LogP contribution is 2.38. The van der Waals surface area contributed by atoms with Crippen LogP contribution in [0, 0.1) is 6.92 Å². The van der Waals surface area contributed by atoms with Gasteiger partial charge in [0.2, 0.25) is 0 Å². The zero-order chi connectivity index (χ0) is 20.4. The Morgan fingerprint density at radius 2 is 1.59 bits per heavy atom. The van der Waals surface area contributed by atoms with Crippen molar-refractivity contribution in [2.75, 3.05) is 40.3 Å². The lowest BCUT2D eigenvalue weighted by atomic mass is 10.1. The number of amides is 1. The number of thiazole rings is 1. The highest BCUT2D eigenvalue weighted by molar-refractivity contribution is 7.17. The molecule has 1 amide bonds. The number of likely N-dealkylation sites (N-methyl/N-ethyl adjacent to an activating group) is 1. The van der Waals surface area contributed by atoms with Crippen LogP contribution in [0.1, 0.15) is 15.4 Å². The molecule has 0 atom stereocenters. The van der Waals surface area contributed by atoms with Crippen molar-refractivity contribution in [1.82, 2.24) is 14.8 Å². The molecule has 0 spiro atoms. The molecular weight excluding hydrogens is 382 g/mol. The Balaban J connectivity index is 1.73. The maximum atomic E-state index is 13.1. The number of aromatic nitrogens is 1. The Morgan fingerprint density at radius 1 is 0.966 bits per heavy atom. The van der Waals surface area contributed by atoms with Crippen molar-refractivity contribution < 1.29 is 9.53 Å². The first-order chi connectivity index (χ1) is 14.0. The summed E-state index contributed by atoms with van der Waals surface area (Å²) in [6.45, 7) is 5.35. The maximum Gasteiger partial charge on any atom is 0.282 e. The molecule has 4 rings (SSSR count). The monoisotopic (exact) mass is 407 g/mol. The molecule has 0 saturated carbocycles. The lowest BCUT2D eigenvalue weighted by Gasteiger charge is -2.31. The summed E-state index contributed by atoms with van der Waals surface area (Å²) in [5.74, 6) is 0.825. The van der Waals surface area contributed by atoms with Crippen LogP contribution in [-0.4, -0.2) is 61.0 Å². The van der Waals surface area contributed by atoms with Gasteiger partial charge >= 0.3 is 0 Å². The minimum Gasteiger partial charge on any atom is -0.497 e. The van der Waals surface area contributed by atoms with Crippen LogP contribution in [-0.2, 0) is 0 Å². The predicted octanol–water partition coefficient (Wildman–Crippen LogP) is 4.18. The minimum atomic E-state index is 0.0243. The van der Waals surface area contributed by atoms with Gasteiger partial charge in [-0.1, -0.05) is 29.8 Å². The number of nitrogens with zero attached hydrogens (tertiary/aromatic N) is 3. The molecule has 5 nitrogen and oxygen atoms in total. The Labute approximate surface area is 175 Å². The smallest absolute Gasteiger partial charge is 0.282 e. The molecule has 6 heteroatoms. The van der Waals surface area contributed by atoms with E-state index in [9.17, 15) is 4.79 Å². The first-order valence-electron chi connectivity index (χ1n) is 9.75. The fourth-order valence-electron chi connectivity index (χ4n) is 3.40. The Bertz CT molecular complexity index is 988. The Hall–Kier alpha value is -2.70. The molecular formula is C23H25N3O2S. The summed E-state index contributed by atoms with van der Waals surface area (Å²) >= 11 is 1.48. The van der Waals surface area contributed by atoms with Gasteiger partial charge in [-0.3, -0.25) is 4.79 Å². The first kappa shape index (κ1) is 19.6. The van der Waals surface area contributed by atoms with Gasteiger partial charge in [-0.2, -0.15) is 0 Å². The van der Waals surface area contributed by atoms with Crippen molar-refractivity contribution in [2.24, 2.45) is 0 Å². The summed E-state index contributed by atoms with van der Waals surface area (Å²) in [6, 6.07) is 16.2. The van der Waals surface area contributed by atoms with E-state index in [2.05, 4.69) is 43.1 Å². The quantitative estimate of drug-likeness (QED) is 0.651. The molecule has 1 aromatic heterocycles. The second-order valence-electron chi connectivity index (χ2n) is 7.39. The van der Waals surface area contributed by atoms with Crippen LogP contribution in [0.15, 0.2) is 48.5 Å². The normalized spacial score (nSPS) is 14.8. The molecule has 0 unspecified atom stereocenters. The third-order valence-corrected chi connectivity index (χ3v) is 6.37. The lowest BCUT2D eigenvalue weighted by molar-refractivity contribution is 0.0664. The molecule has 1 saturated heterocycles. The number of carbonyl (C=O) groups is 1. The number of carbonyl (C=O) groups excluding carboxylic acids is 1. The number of aryl methyl sites for hydroxylation is 1. The van der Waals surface area contributed by atoms with Crippen LogP contribution in [0.3, 0.4) is 0 Å². The van der Waals surface area contributed by atoms with Crippen LogP contribution < -0.4 is 4.74 Å². The van der Waals surface area contributed by atoms with Gasteiger partial charge in [-0.25, -0.2) is 4.98 Å². The summed E-state index contributed by atoms with van der Waals surface area (Å²) in [5.41, 5.74) is 4.11. The van der Waals surface area contributed by atoms with Gasteiger partial charge in [-0.15, -0.1) is 11.3 Å². The number of hydrogen-bond acceptors (Lipinski definition) is 5. The zero-order valence-electron chi connectivity index (χ0n) is 17.0. The van der Waals surface area contributed by atoms with Crippen molar-refractivity contribution in [3.05, 3.63) is 59.1 Å². The van der Waals surface area contributed by atoms with Crippen molar-refractivity contribution in [3.63, 3.8) is 0 Å². The molecule has 0 radical (unpaired) electrons. The third-order valence-electron chi connectivity index (χ3n) is 5.28. The standard InChI is InChI=1S/C23H25N3O2S/c1-16-4-6-18(7-5-16)21-20(17-8-10-19(28-3)11-9-17)24-22(29-21)23(27)26-14-12-25(2)13-15-26/h4-11H,12-15H2,1-3H3. The number of piperazine rings is 1. The van der Waals surface area contributed by atoms with Crippen molar-refractivity contribution in [1.29, 1.82) is 0 Å². The highest BCUT2D eigenvalue weighted by Gasteiger charge is 2.25. The molecule has 0 N–H and O–H groups in total. The SMILES string of the molecule is COc1ccc(-c2nc(C(=O)N3CCN(C)CC3)sc2-c2ccc(C)cc2)cc1. The Kier molecular flexibility index (Phi) is 5.65. The summed E-state index contributed by atoms with van der Waals surface area (Å²) < 4.78 is 5.28. The predicted molar refractivity (Wildman–Crippen MR) is 118 cm³/mol. The molecule has 2 heterocycles. The third kappa shape index (κ3) is 4.18. The van der Waals surface area contributed by atoms with Gasteiger partial charge in [0.25, 0.3) is 5.91 Å². The molecule has 1 aliphatic rings. The molecule has 29 heavy (non-hydrogen) atoms. The number of benzene rings is 2. The van der Waals surface area contributed by atoms with E-state index in [-0.39, 0.29) is 5.91 Å². The number of ether oxygens (including phenoxy) is 1. The van der Waals surface area contributed by atoms with Crippen LogP contribution in [0.5, 0.6) is 5.75 Å². The van der Waals surface area contributed by atoms with E-state index in [1.54, 1.807) is 7.11 Å². The van der Waals surface area contributed by atoms with Crippen molar-refractivity contribution >= 4 is 17.2 Å². The van der Waals surface area contributed by atoms with E-state index in [1.807, 2.05) is 29.2 Å². The number of hydrogen-bond donors (Lipinski definition) is 0. The first-order valence-corrected chi connectivity index (χ1v) is 10.6. The summed E-state index contributed by atoms with van der Waals surface area (Å²) in [4.78, 5) is 23.1. The van der Waals surface area contributed by atoms with E-state index in [1.165, 1.54) is 16.9 Å². The fourth-order valence-corrected chi connectivity index (χ4v) is 4.46.